The molecule has 1 aromatic carbocycles. The number of carbonyl (C=O) groups is 1. The van der Waals surface area contributed by atoms with Crippen molar-refractivity contribution in [3.05, 3.63) is 29.3 Å². The summed E-state index contributed by atoms with van der Waals surface area (Å²) in [4.78, 5) is 11.2. The predicted octanol–water partition coefficient (Wildman–Crippen LogP) is 5.08. The van der Waals surface area contributed by atoms with Gasteiger partial charge in [0.15, 0.2) is 0 Å². The fourth-order valence-corrected chi connectivity index (χ4v) is 2.56. The van der Waals surface area contributed by atoms with E-state index in [2.05, 4.69) is 6.92 Å². The third-order valence-corrected chi connectivity index (χ3v) is 3.84. The highest BCUT2D eigenvalue weighted by atomic mass is 16.5. The van der Waals surface area contributed by atoms with E-state index < -0.39 is 5.97 Å². The molecular weight excluding hydrogens is 264 g/mol. The lowest BCUT2D eigenvalue weighted by Gasteiger charge is -2.08. The summed E-state index contributed by atoms with van der Waals surface area (Å²) in [5, 5.41) is 9.21. The maximum absolute atomic E-state index is 11.2. The van der Waals surface area contributed by atoms with Gasteiger partial charge in [0.05, 0.1) is 12.7 Å². The Kier molecular flexibility index (Phi) is 8.56. The highest BCUT2D eigenvalue weighted by molar-refractivity contribution is 5.89. The summed E-state index contributed by atoms with van der Waals surface area (Å²) in [5.74, 6) is -0.123. The van der Waals surface area contributed by atoms with Crippen molar-refractivity contribution in [2.24, 2.45) is 0 Å². The van der Waals surface area contributed by atoms with Gasteiger partial charge in [-0.2, -0.15) is 0 Å². The molecule has 1 aromatic rings. The summed E-state index contributed by atoms with van der Waals surface area (Å²) in [6.45, 7) is 2.23. The molecule has 0 aliphatic carbocycles. The molecule has 0 aliphatic rings. The number of unbranched alkanes of at least 4 members (excludes halogenated alkanes) is 7. The number of aryl methyl sites for hydroxylation is 1. The van der Waals surface area contributed by atoms with E-state index in [1.54, 1.807) is 19.2 Å². The first-order valence-electron chi connectivity index (χ1n) is 8.09. The van der Waals surface area contributed by atoms with Crippen LogP contribution in [0.5, 0.6) is 5.75 Å². The van der Waals surface area contributed by atoms with Crippen molar-refractivity contribution in [2.45, 2.75) is 64.7 Å². The molecule has 0 aromatic heterocycles. The topological polar surface area (TPSA) is 46.5 Å². The van der Waals surface area contributed by atoms with Crippen LogP contribution in [0, 0.1) is 0 Å². The summed E-state index contributed by atoms with van der Waals surface area (Å²) >= 11 is 0. The number of carboxylic acid groups (broad SMARTS) is 1. The van der Waals surface area contributed by atoms with Gasteiger partial charge in [0, 0.05) is 0 Å². The standard InChI is InChI=1S/C18H28O3/c1-3-4-5-6-7-8-9-10-11-15-14-16(21-2)12-13-17(15)18(19)20/h12-14H,3-11H2,1-2H3,(H,19,20). The van der Waals surface area contributed by atoms with Gasteiger partial charge < -0.3 is 9.84 Å². The van der Waals surface area contributed by atoms with E-state index in [9.17, 15) is 9.90 Å². The van der Waals surface area contributed by atoms with Gasteiger partial charge in [0.25, 0.3) is 0 Å². The quantitative estimate of drug-likeness (QED) is 0.579. The molecule has 0 fully saturated rings. The van der Waals surface area contributed by atoms with Gasteiger partial charge in [-0.1, -0.05) is 51.9 Å². The average Bonchev–Trinajstić information content (AvgIpc) is 2.49. The first kappa shape index (κ1) is 17.5. The number of rotatable bonds is 11. The minimum atomic E-state index is -0.854. The Balaban J connectivity index is 2.35. The van der Waals surface area contributed by atoms with Crippen LogP contribution in [0.1, 0.15) is 74.2 Å². The van der Waals surface area contributed by atoms with E-state index in [0.29, 0.717) is 5.56 Å². The number of hydrogen-bond acceptors (Lipinski definition) is 2. The highest BCUT2D eigenvalue weighted by Gasteiger charge is 2.10. The Hall–Kier alpha value is -1.51. The van der Waals surface area contributed by atoms with Gasteiger partial charge in [-0.25, -0.2) is 4.79 Å². The number of hydrogen-bond donors (Lipinski definition) is 1. The molecule has 0 saturated carbocycles. The number of carboxylic acids is 1. The summed E-state index contributed by atoms with van der Waals surface area (Å²) < 4.78 is 5.18. The lowest BCUT2D eigenvalue weighted by atomic mass is 10.00. The van der Waals surface area contributed by atoms with Gasteiger partial charge in [-0.3, -0.25) is 0 Å². The van der Waals surface area contributed by atoms with Crippen LogP contribution in [0.25, 0.3) is 0 Å². The van der Waals surface area contributed by atoms with Crippen LogP contribution in [-0.4, -0.2) is 18.2 Å². The molecule has 0 atom stereocenters. The number of benzene rings is 1. The van der Waals surface area contributed by atoms with Crippen molar-refractivity contribution in [2.75, 3.05) is 7.11 Å². The number of ether oxygens (including phenoxy) is 1. The normalized spacial score (nSPS) is 10.6. The second-order valence-electron chi connectivity index (χ2n) is 5.55. The molecule has 0 radical (unpaired) electrons. The molecule has 3 heteroatoms. The maximum atomic E-state index is 11.2. The van der Waals surface area contributed by atoms with E-state index >= 15 is 0 Å². The Labute approximate surface area is 128 Å². The summed E-state index contributed by atoms with van der Waals surface area (Å²) in [6, 6.07) is 5.20. The molecule has 0 unspecified atom stereocenters. The smallest absolute Gasteiger partial charge is 0.335 e. The summed E-state index contributed by atoms with van der Waals surface area (Å²) in [6.07, 6.45) is 10.9. The molecule has 1 N–H and O–H groups in total. The zero-order valence-corrected chi connectivity index (χ0v) is 13.4. The Morgan fingerprint density at radius 3 is 2.24 bits per heavy atom. The van der Waals surface area contributed by atoms with Crippen molar-refractivity contribution in [1.82, 2.24) is 0 Å². The summed E-state index contributed by atoms with van der Waals surface area (Å²) in [7, 11) is 1.61. The minimum absolute atomic E-state index is 0.402. The van der Waals surface area contributed by atoms with Crippen molar-refractivity contribution in [3.8, 4) is 5.75 Å². The second kappa shape index (κ2) is 10.3. The van der Waals surface area contributed by atoms with E-state index in [-0.39, 0.29) is 0 Å². The molecule has 0 amide bonds. The molecule has 3 nitrogen and oxygen atoms in total. The lowest BCUT2D eigenvalue weighted by Crippen LogP contribution is -2.03. The van der Waals surface area contributed by atoms with Crippen LogP contribution >= 0.6 is 0 Å². The molecule has 0 aliphatic heterocycles. The molecule has 21 heavy (non-hydrogen) atoms. The van der Waals surface area contributed by atoms with Crippen molar-refractivity contribution in [1.29, 1.82) is 0 Å². The van der Waals surface area contributed by atoms with E-state index in [1.165, 1.54) is 44.9 Å². The van der Waals surface area contributed by atoms with E-state index in [0.717, 1.165) is 24.2 Å². The zero-order valence-electron chi connectivity index (χ0n) is 13.4. The molecule has 0 bridgehead atoms. The van der Waals surface area contributed by atoms with Gasteiger partial charge in [0.2, 0.25) is 0 Å². The Morgan fingerprint density at radius 2 is 1.67 bits per heavy atom. The van der Waals surface area contributed by atoms with Crippen LogP contribution in [0.2, 0.25) is 0 Å². The third-order valence-electron chi connectivity index (χ3n) is 3.84. The largest absolute Gasteiger partial charge is 0.497 e. The minimum Gasteiger partial charge on any atom is -0.497 e. The SMILES string of the molecule is CCCCCCCCCCc1cc(OC)ccc1C(=O)O. The highest BCUT2D eigenvalue weighted by Crippen LogP contribution is 2.20. The third kappa shape index (κ3) is 6.65. The molecule has 118 valence electrons. The van der Waals surface area contributed by atoms with Crippen molar-refractivity contribution in [3.63, 3.8) is 0 Å². The fourth-order valence-electron chi connectivity index (χ4n) is 2.56. The Bertz CT molecular complexity index is 426. The first-order chi connectivity index (χ1) is 10.2. The van der Waals surface area contributed by atoms with Crippen LogP contribution in [0.15, 0.2) is 18.2 Å². The molecule has 0 spiro atoms. The maximum Gasteiger partial charge on any atom is 0.335 e. The molecule has 0 saturated heterocycles. The Morgan fingerprint density at radius 1 is 1.05 bits per heavy atom. The van der Waals surface area contributed by atoms with Gasteiger partial charge >= 0.3 is 5.97 Å². The van der Waals surface area contributed by atoms with E-state index in [4.69, 9.17) is 4.74 Å². The number of aromatic carboxylic acids is 1. The second-order valence-corrected chi connectivity index (χ2v) is 5.55. The summed E-state index contributed by atoms with van der Waals surface area (Å²) in [5.41, 5.74) is 1.28. The number of methoxy groups -OCH3 is 1. The van der Waals surface area contributed by atoms with Crippen molar-refractivity contribution >= 4 is 5.97 Å². The molecule has 0 heterocycles. The van der Waals surface area contributed by atoms with Gasteiger partial charge in [-0.05, 0) is 36.6 Å². The van der Waals surface area contributed by atoms with E-state index in [1.807, 2.05) is 6.07 Å². The molecular formula is C18H28O3. The van der Waals surface area contributed by atoms with Gasteiger partial charge in [-0.15, -0.1) is 0 Å². The van der Waals surface area contributed by atoms with Crippen LogP contribution < -0.4 is 4.74 Å². The van der Waals surface area contributed by atoms with Gasteiger partial charge in [0.1, 0.15) is 5.75 Å². The van der Waals surface area contributed by atoms with Crippen LogP contribution in [0.3, 0.4) is 0 Å². The fraction of sp³-hybridized carbons (Fsp3) is 0.611. The zero-order chi connectivity index (χ0) is 15.5. The average molecular weight is 292 g/mol. The first-order valence-corrected chi connectivity index (χ1v) is 8.09. The lowest BCUT2D eigenvalue weighted by molar-refractivity contribution is 0.0695. The van der Waals surface area contributed by atoms with Crippen LogP contribution in [-0.2, 0) is 6.42 Å². The predicted molar refractivity (Wildman–Crippen MR) is 86.3 cm³/mol. The van der Waals surface area contributed by atoms with Crippen LogP contribution in [0.4, 0.5) is 0 Å². The monoisotopic (exact) mass is 292 g/mol. The molecule has 1 rings (SSSR count). The van der Waals surface area contributed by atoms with Crippen molar-refractivity contribution < 1.29 is 14.6 Å².